The van der Waals surface area contributed by atoms with Gasteiger partial charge in [-0.25, -0.2) is 4.79 Å². The number of hydrogen-bond donors (Lipinski definition) is 2. The Balaban J connectivity index is 1.47. The van der Waals surface area contributed by atoms with Crippen molar-refractivity contribution < 1.29 is 23.9 Å². The van der Waals surface area contributed by atoms with Crippen LogP contribution in [-0.2, 0) is 15.1 Å². The molecule has 0 saturated carbocycles. The SMILES string of the molecule is CC(C)c1ccc([C@H](NC(=O)CN2C(=O)N[C@](C)(c3ccc4c(c3)OCO4)C2=O)C(C)C)cc1. The predicted octanol–water partition coefficient (Wildman–Crippen LogP) is 3.82. The highest BCUT2D eigenvalue weighted by Crippen LogP contribution is 2.37. The fraction of sp³-hybridized carbons (Fsp3) is 0.423. The monoisotopic (exact) mass is 465 g/mol. The number of nitrogens with zero attached hydrogens (tertiary/aromatic N) is 1. The van der Waals surface area contributed by atoms with Crippen molar-refractivity contribution in [1.82, 2.24) is 15.5 Å². The van der Waals surface area contributed by atoms with Crippen LogP contribution in [0.1, 0.15) is 63.3 Å². The van der Waals surface area contributed by atoms with Crippen molar-refractivity contribution in [2.75, 3.05) is 13.3 Å². The largest absolute Gasteiger partial charge is 0.454 e. The predicted molar refractivity (Wildman–Crippen MR) is 126 cm³/mol. The molecule has 0 bridgehead atoms. The highest BCUT2D eigenvalue weighted by Gasteiger charge is 2.50. The second kappa shape index (κ2) is 9.00. The van der Waals surface area contributed by atoms with E-state index in [0.29, 0.717) is 23.0 Å². The molecule has 2 atom stereocenters. The van der Waals surface area contributed by atoms with Crippen LogP contribution < -0.4 is 20.1 Å². The average molecular weight is 466 g/mol. The minimum atomic E-state index is -1.30. The Morgan fingerprint density at radius 1 is 1.03 bits per heavy atom. The van der Waals surface area contributed by atoms with Gasteiger partial charge in [0.1, 0.15) is 12.1 Å². The van der Waals surface area contributed by atoms with E-state index in [0.717, 1.165) is 10.5 Å². The number of ether oxygens (including phenoxy) is 2. The lowest BCUT2D eigenvalue weighted by molar-refractivity contribution is -0.135. The van der Waals surface area contributed by atoms with E-state index in [2.05, 4.69) is 36.6 Å². The quantitative estimate of drug-likeness (QED) is 0.606. The lowest BCUT2D eigenvalue weighted by atomic mass is 9.91. The van der Waals surface area contributed by atoms with Crippen LogP contribution in [0.25, 0.3) is 0 Å². The lowest BCUT2D eigenvalue weighted by Gasteiger charge is -2.25. The first-order valence-corrected chi connectivity index (χ1v) is 11.5. The third-order valence-corrected chi connectivity index (χ3v) is 6.47. The maximum Gasteiger partial charge on any atom is 0.325 e. The van der Waals surface area contributed by atoms with Crippen molar-refractivity contribution in [2.24, 2.45) is 5.92 Å². The lowest BCUT2D eigenvalue weighted by Crippen LogP contribution is -2.44. The number of imide groups is 1. The topological polar surface area (TPSA) is 97.0 Å². The zero-order valence-electron chi connectivity index (χ0n) is 20.2. The van der Waals surface area contributed by atoms with Crippen LogP contribution in [-0.4, -0.2) is 36.1 Å². The zero-order valence-corrected chi connectivity index (χ0v) is 20.2. The van der Waals surface area contributed by atoms with Gasteiger partial charge >= 0.3 is 6.03 Å². The molecular formula is C26H31N3O5. The number of fused-ring (bicyclic) bond motifs is 1. The van der Waals surface area contributed by atoms with Crippen LogP contribution >= 0.6 is 0 Å². The van der Waals surface area contributed by atoms with Crippen molar-refractivity contribution in [1.29, 1.82) is 0 Å². The maximum absolute atomic E-state index is 13.3. The minimum absolute atomic E-state index is 0.110. The van der Waals surface area contributed by atoms with Crippen LogP contribution in [0.15, 0.2) is 42.5 Å². The van der Waals surface area contributed by atoms with E-state index >= 15 is 0 Å². The van der Waals surface area contributed by atoms with Crippen molar-refractivity contribution in [2.45, 2.75) is 52.1 Å². The number of carbonyl (C=O) groups is 3. The van der Waals surface area contributed by atoms with Crippen LogP contribution in [0.2, 0.25) is 0 Å². The fourth-order valence-electron chi connectivity index (χ4n) is 4.33. The number of nitrogens with one attached hydrogen (secondary N) is 2. The van der Waals surface area contributed by atoms with Crippen LogP contribution in [0.3, 0.4) is 0 Å². The van der Waals surface area contributed by atoms with E-state index in [9.17, 15) is 14.4 Å². The van der Waals surface area contributed by atoms with Crippen LogP contribution in [0.4, 0.5) is 4.79 Å². The molecule has 2 aromatic rings. The Labute approximate surface area is 199 Å². The first-order chi connectivity index (χ1) is 16.1. The number of rotatable bonds is 7. The molecule has 8 nitrogen and oxygen atoms in total. The molecule has 4 rings (SSSR count). The van der Waals surface area contributed by atoms with Gasteiger partial charge in [-0.05, 0) is 47.6 Å². The number of benzene rings is 2. The molecule has 2 heterocycles. The number of urea groups is 1. The Hall–Kier alpha value is -3.55. The Morgan fingerprint density at radius 3 is 2.32 bits per heavy atom. The van der Waals surface area contributed by atoms with Crippen molar-refractivity contribution in [3.63, 3.8) is 0 Å². The van der Waals surface area contributed by atoms with E-state index in [-0.39, 0.29) is 25.3 Å². The fourth-order valence-corrected chi connectivity index (χ4v) is 4.33. The number of carbonyl (C=O) groups excluding carboxylic acids is 3. The summed E-state index contributed by atoms with van der Waals surface area (Å²) in [4.78, 5) is 39.8. The van der Waals surface area contributed by atoms with Crippen LogP contribution in [0.5, 0.6) is 11.5 Å². The zero-order chi connectivity index (χ0) is 24.6. The van der Waals surface area contributed by atoms with Crippen molar-refractivity contribution >= 4 is 17.8 Å². The summed E-state index contributed by atoms with van der Waals surface area (Å²) in [6.07, 6.45) is 0. The van der Waals surface area contributed by atoms with Gasteiger partial charge < -0.3 is 20.1 Å². The van der Waals surface area contributed by atoms with E-state index in [1.54, 1.807) is 25.1 Å². The van der Waals surface area contributed by atoms with Gasteiger partial charge in [-0.3, -0.25) is 14.5 Å². The summed E-state index contributed by atoms with van der Waals surface area (Å²) in [5.74, 6) is 0.747. The van der Waals surface area contributed by atoms with Gasteiger partial charge in [0.2, 0.25) is 12.7 Å². The molecule has 180 valence electrons. The second-order valence-corrected chi connectivity index (χ2v) is 9.63. The molecule has 2 aliphatic rings. The summed E-state index contributed by atoms with van der Waals surface area (Å²) in [5, 5.41) is 5.73. The van der Waals surface area contributed by atoms with E-state index in [1.165, 1.54) is 5.56 Å². The third kappa shape index (κ3) is 4.32. The molecule has 2 aliphatic heterocycles. The van der Waals surface area contributed by atoms with Gasteiger partial charge in [-0.1, -0.05) is 58.0 Å². The Morgan fingerprint density at radius 2 is 1.68 bits per heavy atom. The normalized spacial score (nSPS) is 20.1. The first kappa shape index (κ1) is 23.6. The van der Waals surface area contributed by atoms with E-state index < -0.39 is 23.4 Å². The summed E-state index contributed by atoms with van der Waals surface area (Å²) in [6, 6.07) is 12.4. The summed E-state index contributed by atoms with van der Waals surface area (Å²) in [6.45, 7) is 9.67. The molecule has 0 aromatic heterocycles. The highest BCUT2D eigenvalue weighted by molar-refractivity contribution is 6.09. The average Bonchev–Trinajstić information content (AvgIpc) is 3.35. The highest BCUT2D eigenvalue weighted by atomic mass is 16.7. The van der Waals surface area contributed by atoms with E-state index in [4.69, 9.17) is 9.47 Å². The molecular weight excluding hydrogens is 434 g/mol. The molecule has 1 saturated heterocycles. The molecule has 1 fully saturated rings. The summed E-state index contributed by atoms with van der Waals surface area (Å²) in [7, 11) is 0. The molecule has 0 aliphatic carbocycles. The van der Waals surface area contributed by atoms with Gasteiger partial charge in [-0.15, -0.1) is 0 Å². The summed E-state index contributed by atoms with van der Waals surface area (Å²) >= 11 is 0. The van der Waals surface area contributed by atoms with Gasteiger partial charge in [0.15, 0.2) is 11.5 Å². The standard InChI is InChI=1S/C26H31N3O5/c1-15(2)17-6-8-18(9-7-17)23(16(3)4)27-22(30)13-29-24(31)26(5,28-25(29)32)19-10-11-20-21(12-19)34-14-33-20/h6-12,15-16,23H,13-14H2,1-5H3,(H,27,30)(H,28,32)/t23-,26-/m1/s1. The molecule has 0 spiro atoms. The molecule has 0 unspecified atom stereocenters. The molecule has 8 heteroatoms. The molecule has 2 N–H and O–H groups in total. The van der Waals surface area contributed by atoms with Gasteiger partial charge in [0, 0.05) is 0 Å². The van der Waals surface area contributed by atoms with Gasteiger partial charge in [0.25, 0.3) is 5.91 Å². The molecule has 2 aromatic carbocycles. The molecule has 4 amide bonds. The smallest absolute Gasteiger partial charge is 0.325 e. The van der Waals surface area contributed by atoms with Crippen molar-refractivity contribution in [3.05, 3.63) is 59.2 Å². The van der Waals surface area contributed by atoms with Crippen LogP contribution in [0, 0.1) is 5.92 Å². The molecule has 34 heavy (non-hydrogen) atoms. The first-order valence-electron chi connectivity index (χ1n) is 11.5. The summed E-state index contributed by atoms with van der Waals surface area (Å²) < 4.78 is 10.7. The van der Waals surface area contributed by atoms with Gasteiger partial charge in [0.05, 0.1) is 6.04 Å². The summed E-state index contributed by atoms with van der Waals surface area (Å²) in [5.41, 5.74) is 1.46. The number of hydrogen-bond acceptors (Lipinski definition) is 5. The Bertz CT molecular complexity index is 1110. The van der Waals surface area contributed by atoms with Gasteiger partial charge in [-0.2, -0.15) is 0 Å². The minimum Gasteiger partial charge on any atom is -0.454 e. The van der Waals surface area contributed by atoms with Crippen molar-refractivity contribution in [3.8, 4) is 11.5 Å². The third-order valence-electron chi connectivity index (χ3n) is 6.47. The molecule has 0 radical (unpaired) electrons. The second-order valence-electron chi connectivity index (χ2n) is 9.63. The van der Waals surface area contributed by atoms with E-state index in [1.807, 2.05) is 26.0 Å². The maximum atomic E-state index is 13.3. The number of amides is 4. The Kier molecular flexibility index (Phi) is 6.25.